The molecule has 0 aliphatic heterocycles. The second-order valence-electron chi connectivity index (χ2n) is 5.95. The van der Waals surface area contributed by atoms with Crippen LogP contribution in [-0.2, 0) is 17.1 Å². The van der Waals surface area contributed by atoms with E-state index < -0.39 is 16.1 Å². The van der Waals surface area contributed by atoms with Gasteiger partial charge in [0.1, 0.15) is 0 Å². The van der Waals surface area contributed by atoms with E-state index in [-0.39, 0.29) is 6.54 Å². The van der Waals surface area contributed by atoms with E-state index in [0.717, 1.165) is 22.4 Å². The maximum atomic E-state index is 12.5. The Morgan fingerprint density at radius 3 is 2.43 bits per heavy atom. The van der Waals surface area contributed by atoms with Gasteiger partial charge in [-0.25, -0.2) is 13.1 Å². The van der Waals surface area contributed by atoms with E-state index in [1.165, 1.54) is 0 Å². The highest BCUT2D eigenvalue weighted by Gasteiger charge is 2.18. The van der Waals surface area contributed by atoms with Crippen LogP contribution in [0.25, 0.3) is 0 Å². The summed E-state index contributed by atoms with van der Waals surface area (Å²) in [5.41, 5.74) is 3.51. The highest BCUT2D eigenvalue weighted by Crippen LogP contribution is 2.20. The van der Waals surface area contributed by atoms with Crippen LogP contribution in [0.3, 0.4) is 0 Å². The van der Waals surface area contributed by atoms with Crippen LogP contribution in [0, 0.1) is 20.8 Å². The number of aliphatic hydroxyl groups excluding tert-OH is 1. The summed E-state index contributed by atoms with van der Waals surface area (Å²) in [6, 6.07) is 7.25. The quantitative estimate of drug-likeness (QED) is 0.850. The number of aliphatic hydroxyl groups is 1. The molecule has 1 atom stereocenters. The van der Waals surface area contributed by atoms with Crippen molar-refractivity contribution in [1.82, 2.24) is 9.29 Å². The Balaban J connectivity index is 2.05. The van der Waals surface area contributed by atoms with Crippen molar-refractivity contribution in [2.45, 2.75) is 38.2 Å². The number of aryl methyl sites for hydroxylation is 4. The molecule has 2 aromatic rings. The van der Waals surface area contributed by atoms with Crippen LogP contribution in [0.1, 0.15) is 34.9 Å². The van der Waals surface area contributed by atoms with E-state index in [2.05, 4.69) is 4.72 Å². The molecular weight excluding hydrogens is 312 g/mol. The van der Waals surface area contributed by atoms with Gasteiger partial charge in [-0.15, -0.1) is 0 Å². The van der Waals surface area contributed by atoms with Crippen LogP contribution < -0.4 is 4.72 Å². The predicted molar refractivity (Wildman–Crippen MR) is 90.8 cm³/mol. The normalized spacial score (nSPS) is 13.3. The predicted octanol–water partition coefficient (Wildman–Crippen LogP) is 2.35. The van der Waals surface area contributed by atoms with E-state index in [1.54, 1.807) is 13.0 Å². The summed E-state index contributed by atoms with van der Waals surface area (Å²) in [5, 5.41) is 10.1. The topological polar surface area (TPSA) is 71.3 Å². The molecule has 0 bridgehead atoms. The summed E-state index contributed by atoms with van der Waals surface area (Å²) in [6.45, 7) is 5.83. The molecule has 5 nitrogen and oxygen atoms in total. The van der Waals surface area contributed by atoms with Gasteiger partial charge in [0.15, 0.2) is 0 Å². The standard InChI is InChI=1S/C17H24N2O3S/c1-12-10-14(3)17(11-13(12)2)23(21,22)18-8-7-16(20)15-6-5-9-19(15)4/h5-6,9-11,16,18,20H,7-8H2,1-4H3. The molecule has 0 saturated carbocycles. The Morgan fingerprint density at radius 1 is 1.17 bits per heavy atom. The number of hydrogen-bond acceptors (Lipinski definition) is 3. The van der Waals surface area contributed by atoms with Crippen molar-refractivity contribution in [3.8, 4) is 0 Å². The summed E-state index contributed by atoms with van der Waals surface area (Å²) in [5.74, 6) is 0. The number of hydrogen-bond donors (Lipinski definition) is 2. The van der Waals surface area contributed by atoms with Gasteiger partial charge < -0.3 is 9.67 Å². The minimum atomic E-state index is -3.57. The number of rotatable bonds is 6. The molecule has 1 aromatic heterocycles. The number of aromatic nitrogens is 1. The first kappa shape index (κ1) is 17.7. The Morgan fingerprint density at radius 2 is 1.83 bits per heavy atom. The lowest BCUT2D eigenvalue weighted by Crippen LogP contribution is -2.27. The third kappa shape index (κ3) is 4.02. The van der Waals surface area contributed by atoms with Gasteiger partial charge in [-0.05, 0) is 62.1 Å². The number of sulfonamides is 1. The molecule has 23 heavy (non-hydrogen) atoms. The van der Waals surface area contributed by atoms with Gasteiger partial charge in [0.25, 0.3) is 0 Å². The maximum Gasteiger partial charge on any atom is 0.240 e. The zero-order valence-electron chi connectivity index (χ0n) is 14.0. The fraction of sp³-hybridized carbons (Fsp3) is 0.412. The van der Waals surface area contributed by atoms with Crippen LogP contribution in [0.4, 0.5) is 0 Å². The molecule has 1 unspecified atom stereocenters. The zero-order valence-corrected chi connectivity index (χ0v) is 14.8. The maximum absolute atomic E-state index is 12.5. The summed E-state index contributed by atoms with van der Waals surface area (Å²) in [4.78, 5) is 0.300. The molecule has 0 radical (unpaired) electrons. The van der Waals surface area contributed by atoms with Crippen molar-refractivity contribution in [1.29, 1.82) is 0 Å². The molecule has 0 amide bonds. The van der Waals surface area contributed by atoms with Crippen molar-refractivity contribution in [3.05, 3.63) is 52.8 Å². The Hall–Kier alpha value is -1.63. The molecule has 0 saturated heterocycles. The highest BCUT2D eigenvalue weighted by molar-refractivity contribution is 7.89. The molecular formula is C17H24N2O3S. The fourth-order valence-electron chi connectivity index (χ4n) is 2.60. The summed E-state index contributed by atoms with van der Waals surface area (Å²) < 4.78 is 29.3. The molecule has 126 valence electrons. The molecule has 0 fully saturated rings. The van der Waals surface area contributed by atoms with Crippen LogP contribution in [0.2, 0.25) is 0 Å². The monoisotopic (exact) mass is 336 g/mol. The first-order valence-corrected chi connectivity index (χ1v) is 9.07. The van der Waals surface area contributed by atoms with E-state index >= 15 is 0 Å². The van der Waals surface area contributed by atoms with Gasteiger partial charge >= 0.3 is 0 Å². The largest absolute Gasteiger partial charge is 0.387 e. The van der Waals surface area contributed by atoms with Crippen molar-refractivity contribution in [2.75, 3.05) is 6.54 Å². The average Bonchev–Trinajstić information content (AvgIpc) is 2.88. The lowest BCUT2D eigenvalue weighted by molar-refractivity contribution is 0.161. The van der Waals surface area contributed by atoms with Gasteiger partial charge in [0.2, 0.25) is 10.0 Å². The van der Waals surface area contributed by atoms with Crippen LogP contribution in [0.15, 0.2) is 35.4 Å². The van der Waals surface area contributed by atoms with E-state index in [0.29, 0.717) is 11.3 Å². The second-order valence-corrected chi connectivity index (χ2v) is 7.68. The number of nitrogens with one attached hydrogen (secondary N) is 1. The fourth-order valence-corrected chi connectivity index (χ4v) is 3.96. The van der Waals surface area contributed by atoms with Crippen molar-refractivity contribution >= 4 is 10.0 Å². The van der Waals surface area contributed by atoms with Gasteiger partial charge in [-0.1, -0.05) is 6.07 Å². The number of benzene rings is 1. The van der Waals surface area contributed by atoms with E-state index in [1.807, 2.05) is 49.9 Å². The smallest absolute Gasteiger partial charge is 0.240 e. The van der Waals surface area contributed by atoms with Crippen LogP contribution in [0.5, 0.6) is 0 Å². The van der Waals surface area contributed by atoms with Crippen LogP contribution in [-0.4, -0.2) is 24.6 Å². The molecule has 0 spiro atoms. The molecule has 0 aliphatic carbocycles. The molecule has 6 heteroatoms. The molecule has 1 heterocycles. The minimum Gasteiger partial charge on any atom is -0.387 e. The van der Waals surface area contributed by atoms with Crippen LogP contribution >= 0.6 is 0 Å². The SMILES string of the molecule is Cc1cc(C)c(S(=O)(=O)NCCC(O)c2cccn2C)cc1C. The summed E-state index contributed by atoms with van der Waals surface area (Å²) >= 11 is 0. The highest BCUT2D eigenvalue weighted by atomic mass is 32.2. The summed E-state index contributed by atoms with van der Waals surface area (Å²) in [6.07, 6.45) is 1.47. The van der Waals surface area contributed by atoms with Crippen molar-refractivity contribution in [3.63, 3.8) is 0 Å². The first-order valence-electron chi connectivity index (χ1n) is 7.59. The van der Waals surface area contributed by atoms with E-state index in [9.17, 15) is 13.5 Å². The molecule has 1 aromatic carbocycles. The Bertz CT molecular complexity index is 794. The Kier molecular flexibility index (Phi) is 5.29. The second kappa shape index (κ2) is 6.86. The van der Waals surface area contributed by atoms with Gasteiger partial charge in [0.05, 0.1) is 11.0 Å². The van der Waals surface area contributed by atoms with E-state index in [4.69, 9.17) is 0 Å². The molecule has 2 N–H and O–H groups in total. The van der Waals surface area contributed by atoms with Gasteiger partial charge in [0, 0.05) is 25.5 Å². The Labute approximate surface area is 138 Å². The average molecular weight is 336 g/mol. The minimum absolute atomic E-state index is 0.182. The first-order chi connectivity index (χ1) is 10.7. The lowest BCUT2D eigenvalue weighted by Gasteiger charge is -2.14. The van der Waals surface area contributed by atoms with Crippen molar-refractivity contribution in [2.24, 2.45) is 7.05 Å². The van der Waals surface area contributed by atoms with Gasteiger partial charge in [-0.3, -0.25) is 0 Å². The third-order valence-electron chi connectivity index (χ3n) is 4.12. The number of nitrogens with zero attached hydrogens (tertiary/aromatic N) is 1. The molecule has 2 rings (SSSR count). The third-order valence-corrected chi connectivity index (χ3v) is 5.72. The summed E-state index contributed by atoms with van der Waals surface area (Å²) in [7, 11) is -1.72. The molecule has 0 aliphatic rings. The van der Waals surface area contributed by atoms with Crippen molar-refractivity contribution < 1.29 is 13.5 Å². The zero-order chi connectivity index (χ0) is 17.2. The van der Waals surface area contributed by atoms with Gasteiger partial charge in [-0.2, -0.15) is 0 Å². The lowest BCUT2D eigenvalue weighted by atomic mass is 10.1.